The van der Waals surface area contributed by atoms with Crippen LogP contribution < -0.4 is 5.32 Å². The van der Waals surface area contributed by atoms with Gasteiger partial charge < -0.3 is 10.2 Å². The summed E-state index contributed by atoms with van der Waals surface area (Å²) in [5.74, 6) is 0.111. The summed E-state index contributed by atoms with van der Waals surface area (Å²) in [5.41, 5.74) is 0.696. The van der Waals surface area contributed by atoms with Gasteiger partial charge in [0.05, 0.1) is 6.04 Å². The first-order chi connectivity index (χ1) is 10.1. The molecule has 116 valence electrons. The van der Waals surface area contributed by atoms with E-state index in [1.54, 1.807) is 0 Å². The van der Waals surface area contributed by atoms with Crippen molar-refractivity contribution < 1.29 is 9.59 Å². The van der Waals surface area contributed by atoms with Crippen molar-refractivity contribution in [2.75, 3.05) is 26.7 Å². The SMILES string of the molecule is CCN(CC)C(=O)[C@@H]1C[C@@H](NC(=O)c2ccsc2)CN1C. The van der Waals surface area contributed by atoms with Gasteiger partial charge in [-0.05, 0) is 38.8 Å². The van der Waals surface area contributed by atoms with Crippen molar-refractivity contribution >= 4 is 23.2 Å². The molecular weight excluding hydrogens is 286 g/mol. The van der Waals surface area contributed by atoms with E-state index in [2.05, 4.69) is 5.32 Å². The van der Waals surface area contributed by atoms with E-state index in [1.165, 1.54) is 11.3 Å². The minimum absolute atomic E-state index is 0.0342. The lowest BCUT2D eigenvalue weighted by molar-refractivity contribution is -0.135. The summed E-state index contributed by atoms with van der Waals surface area (Å²) < 4.78 is 0. The quantitative estimate of drug-likeness (QED) is 0.895. The number of hydrogen-bond donors (Lipinski definition) is 1. The summed E-state index contributed by atoms with van der Waals surface area (Å²) in [6, 6.07) is 1.72. The lowest BCUT2D eigenvalue weighted by Gasteiger charge is -2.26. The van der Waals surface area contributed by atoms with E-state index in [4.69, 9.17) is 0 Å². The standard InChI is InChI=1S/C15H23N3O2S/c1-4-18(5-2)15(20)13-8-12(9-17(13)3)16-14(19)11-6-7-21-10-11/h6-7,10,12-13H,4-5,8-9H2,1-3H3,(H,16,19)/t12-,13+/m1/s1. The van der Waals surface area contributed by atoms with Crippen LogP contribution >= 0.6 is 11.3 Å². The number of likely N-dealkylation sites (tertiary alicyclic amines) is 1. The Bertz CT molecular complexity index is 485. The Morgan fingerprint density at radius 2 is 2.14 bits per heavy atom. The van der Waals surface area contributed by atoms with E-state index in [1.807, 2.05) is 47.5 Å². The van der Waals surface area contributed by atoms with Gasteiger partial charge in [0.2, 0.25) is 5.91 Å². The molecule has 2 atom stereocenters. The van der Waals surface area contributed by atoms with E-state index in [0.29, 0.717) is 18.5 Å². The molecule has 1 fully saturated rings. The predicted octanol–water partition coefficient (Wildman–Crippen LogP) is 1.42. The molecule has 0 bridgehead atoms. The normalized spacial score (nSPS) is 22.2. The second-order valence-corrected chi connectivity index (χ2v) is 6.16. The van der Waals surface area contributed by atoms with E-state index in [-0.39, 0.29) is 23.9 Å². The van der Waals surface area contributed by atoms with Gasteiger partial charge in [0.25, 0.3) is 5.91 Å². The molecule has 0 aromatic carbocycles. The number of carbonyl (C=O) groups excluding carboxylic acids is 2. The summed E-state index contributed by atoms with van der Waals surface area (Å²) in [6.45, 7) is 6.16. The average molecular weight is 309 g/mol. The average Bonchev–Trinajstić information content (AvgIpc) is 3.09. The third-order valence-corrected chi connectivity index (χ3v) is 4.71. The van der Waals surface area contributed by atoms with Gasteiger partial charge in [-0.2, -0.15) is 11.3 Å². The van der Waals surface area contributed by atoms with Crippen LogP contribution in [0.5, 0.6) is 0 Å². The van der Waals surface area contributed by atoms with Crippen LogP contribution in [-0.2, 0) is 4.79 Å². The molecule has 0 aliphatic carbocycles. The van der Waals surface area contributed by atoms with E-state index >= 15 is 0 Å². The molecule has 1 saturated heterocycles. The number of likely N-dealkylation sites (N-methyl/N-ethyl adjacent to an activating group) is 2. The van der Waals surface area contributed by atoms with E-state index < -0.39 is 0 Å². The summed E-state index contributed by atoms with van der Waals surface area (Å²) in [7, 11) is 1.95. The Kier molecular flexibility index (Phi) is 5.36. The molecule has 1 aromatic heterocycles. The van der Waals surface area contributed by atoms with Gasteiger partial charge >= 0.3 is 0 Å². The fourth-order valence-electron chi connectivity index (χ4n) is 2.80. The van der Waals surface area contributed by atoms with Gasteiger partial charge in [-0.15, -0.1) is 0 Å². The molecule has 6 heteroatoms. The van der Waals surface area contributed by atoms with Crippen molar-refractivity contribution in [1.82, 2.24) is 15.1 Å². The molecule has 5 nitrogen and oxygen atoms in total. The van der Waals surface area contributed by atoms with Crippen LogP contribution in [0.2, 0.25) is 0 Å². The minimum Gasteiger partial charge on any atom is -0.348 e. The van der Waals surface area contributed by atoms with Gasteiger partial charge in [-0.3, -0.25) is 14.5 Å². The first-order valence-electron chi connectivity index (χ1n) is 7.38. The van der Waals surface area contributed by atoms with Crippen LogP contribution in [0.25, 0.3) is 0 Å². The Labute approximate surface area is 129 Å². The fraction of sp³-hybridized carbons (Fsp3) is 0.600. The van der Waals surface area contributed by atoms with Crippen molar-refractivity contribution in [1.29, 1.82) is 0 Å². The number of carbonyl (C=O) groups is 2. The molecule has 1 aromatic rings. The minimum atomic E-state index is -0.127. The largest absolute Gasteiger partial charge is 0.348 e. The third kappa shape index (κ3) is 3.63. The number of thiophene rings is 1. The maximum atomic E-state index is 12.5. The number of hydrogen-bond acceptors (Lipinski definition) is 4. The maximum Gasteiger partial charge on any atom is 0.252 e. The summed E-state index contributed by atoms with van der Waals surface area (Å²) >= 11 is 1.51. The first-order valence-corrected chi connectivity index (χ1v) is 8.33. The molecule has 1 N–H and O–H groups in total. The summed E-state index contributed by atoms with van der Waals surface area (Å²) in [5, 5.41) is 6.76. The molecule has 0 saturated carbocycles. The molecule has 2 amide bonds. The van der Waals surface area contributed by atoms with E-state index in [0.717, 1.165) is 13.1 Å². The topological polar surface area (TPSA) is 52.7 Å². The molecule has 2 rings (SSSR count). The predicted molar refractivity (Wildman–Crippen MR) is 84.5 cm³/mol. The van der Waals surface area contributed by atoms with Crippen LogP contribution in [0, 0.1) is 0 Å². The van der Waals surface area contributed by atoms with Crippen LogP contribution in [-0.4, -0.2) is 60.4 Å². The number of nitrogens with one attached hydrogen (secondary N) is 1. The van der Waals surface area contributed by atoms with Gasteiger partial charge in [-0.25, -0.2) is 0 Å². The first kappa shape index (κ1) is 16.0. The molecule has 0 radical (unpaired) electrons. The van der Waals surface area contributed by atoms with Crippen LogP contribution in [0.1, 0.15) is 30.6 Å². The highest BCUT2D eigenvalue weighted by Gasteiger charge is 2.36. The van der Waals surface area contributed by atoms with Crippen molar-refractivity contribution in [2.45, 2.75) is 32.4 Å². The van der Waals surface area contributed by atoms with Crippen molar-refractivity contribution in [3.05, 3.63) is 22.4 Å². The number of nitrogens with zero attached hydrogens (tertiary/aromatic N) is 2. The molecule has 0 spiro atoms. The zero-order valence-corrected chi connectivity index (χ0v) is 13.7. The molecule has 1 aliphatic rings. The Balaban J connectivity index is 1.94. The molecule has 1 aliphatic heterocycles. The molecule has 2 heterocycles. The highest BCUT2D eigenvalue weighted by Crippen LogP contribution is 2.19. The zero-order chi connectivity index (χ0) is 15.4. The fourth-order valence-corrected chi connectivity index (χ4v) is 3.44. The molecular formula is C15H23N3O2S. The molecule has 0 unspecified atom stereocenters. The lowest BCUT2D eigenvalue weighted by Crippen LogP contribution is -2.44. The van der Waals surface area contributed by atoms with E-state index in [9.17, 15) is 9.59 Å². The van der Waals surface area contributed by atoms with Gasteiger partial charge in [0.1, 0.15) is 0 Å². The van der Waals surface area contributed by atoms with Gasteiger partial charge in [-0.1, -0.05) is 0 Å². The summed E-state index contributed by atoms with van der Waals surface area (Å²) in [6.07, 6.45) is 0.682. The highest BCUT2D eigenvalue weighted by molar-refractivity contribution is 7.08. The summed E-state index contributed by atoms with van der Waals surface area (Å²) in [4.78, 5) is 28.4. The van der Waals surface area contributed by atoms with Crippen LogP contribution in [0.15, 0.2) is 16.8 Å². The Morgan fingerprint density at radius 1 is 1.43 bits per heavy atom. The highest BCUT2D eigenvalue weighted by atomic mass is 32.1. The second-order valence-electron chi connectivity index (χ2n) is 5.38. The smallest absolute Gasteiger partial charge is 0.252 e. The van der Waals surface area contributed by atoms with Gasteiger partial charge in [0, 0.05) is 36.6 Å². The van der Waals surface area contributed by atoms with Crippen molar-refractivity contribution in [3.8, 4) is 0 Å². The number of rotatable bonds is 5. The maximum absolute atomic E-state index is 12.5. The second kappa shape index (κ2) is 7.04. The van der Waals surface area contributed by atoms with Crippen LogP contribution in [0.4, 0.5) is 0 Å². The van der Waals surface area contributed by atoms with Crippen molar-refractivity contribution in [3.63, 3.8) is 0 Å². The van der Waals surface area contributed by atoms with Gasteiger partial charge in [0.15, 0.2) is 0 Å². The van der Waals surface area contributed by atoms with Crippen LogP contribution in [0.3, 0.4) is 0 Å². The lowest BCUT2D eigenvalue weighted by atomic mass is 10.1. The Morgan fingerprint density at radius 3 is 2.71 bits per heavy atom. The third-order valence-electron chi connectivity index (χ3n) is 4.03. The van der Waals surface area contributed by atoms with Crippen molar-refractivity contribution in [2.24, 2.45) is 0 Å². The Hall–Kier alpha value is -1.40. The monoisotopic (exact) mass is 309 g/mol. The molecule has 21 heavy (non-hydrogen) atoms. The zero-order valence-electron chi connectivity index (χ0n) is 12.8. The number of amides is 2.